The molecule has 0 radical (unpaired) electrons. The Labute approximate surface area is 144 Å². The van der Waals surface area contributed by atoms with Gasteiger partial charge in [-0.2, -0.15) is 13.2 Å². The molecule has 1 aromatic rings. The van der Waals surface area contributed by atoms with Crippen LogP contribution in [0.4, 0.5) is 13.2 Å². The Morgan fingerprint density at radius 3 is 2.16 bits per heavy atom. The molecular weight excluding hydrogens is 339 g/mol. The molecule has 0 spiro atoms. The van der Waals surface area contributed by atoms with E-state index in [1.807, 2.05) is 0 Å². The molecule has 1 N–H and O–H groups in total. The van der Waals surface area contributed by atoms with Crippen LogP contribution in [0.1, 0.15) is 36.0 Å². The van der Waals surface area contributed by atoms with Crippen molar-refractivity contribution in [3.63, 3.8) is 0 Å². The molecule has 2 atom stereocenters. The van der Waals surface area contributed by atoms with Gasteiger partial charge in [0, 0.05) is 11.6 Å². The number of methoxy groups -OCH3 is 3. The summed E-state index contributed by atoms with van der Waals surface area (Å²) in [4.78, 5) is 12.5. The Balaban J connectivity index is 2.15. The fourth-order valence-electron chi connectivity index (χ4n) is 3.10. The molecular formula is C17H22F3NO4. The molecule has 0 unspecified atom stereocenters. The molecule has 1 saturated carbocycles. The van der Waals surface area contributed by atoms with Crippen molar-refractivity contribution in [2.24, 2.45) is 5.92 Å². The zero-order valence-corrected chi connectivity index (χ0v) is 14.4. The van der Waals surface area contributed by atoms with Crippen molar-refractivity contribution in [2.45, 2.75) is 37.9 Å². The van der Waals surface area contributed by atoms with E-state index in [0.29, 0.717) is 30.1 Å². The minimum Gasteiger partial charge on any atom is -0.493 e. The fourth-order valence-corrected chi connectivity index (χ4v) is 3.10. The summed E-state index contributed by atoms with van der Waals surface area (Å²) in [6.07, 6.45) is -3.25. The number of ether oxygens (including phenoxy) is 3. The van der Waals surface area contributed by atoms with Gasteiger partial charge in [-0.25, -0.2) is 0 Å². The van der Waals surface area contributed by atoms with E-state index in [9.17, 15) is 18.0 Å². The second kappa shape index (κ2) is 7.84. The number of alkyl halides is 3. The van der Waals surface area contributed by atoms with Gasteiger partial charge in [-0.15, -0.1) is 0 Å². The first-order valence-electron chi connectivity index (χ1n) is 7.97. The monoisotopic (exact) mass is 361 g/mol. The second-order valence-corrected chi connectivity index (χ2v) is 5.99. The third-order valence-electron chi connectivity index (χ3n) is 4.40. The van der Waals surface area contributed by atoms with Crippen LogP contribution in [0, 0.1) is 5.92 Å². The average Bonchev–Trinajstić information content (AvgIpc) is 2.59. The molecule has 0 saturated heterocycles. The maximum atomic E-state index is 12.9. The molecule has 1 fully saturated rings. The zero-order chi connectivity index (χ0) is 18.6. The van der Waals surface area contributed by atoms with Crippen LogP contribution >= 0.6 is 0 Å². The predicted octanol–water partition coefficient (Wildman–Crippen LogP) is 3.56. The summed E-state index contributed by atoms with van der Waals surface area (Å²) in [5.41, 5.74) is 0.239. The minimum atomic E-state index is -4.23. The Hall–Kier alpha value is -2.12. The van der Waals surface area contributed by atoms with Crippen molar-refractivity contribution in [1.29, 1.82) is 0 Å². The maximum absolute atomic E-state index is 12.9. The van der Waals surface area contributed by atoms with E-state index in [4.69, 9.17) is 14.2 Å². The highest BCUT2D eigenvalue weighted by molar-refractivity contribution is 5.95. The van der Waals surface area contributed by atoms with Crippen molar-refractivity contribution < 1.29 is 32.2 Å². The van der Waals surface area contributed by atoms with E-state index in [2.05, 4.69) is 5.32 Å². The number of halogens is 3. The lowest BCUT2D eigenvalue weighted by atomic mass is 9.85. The van der Waals surface area contributed by atoms with Crippen molar-refractivity contribution in [2.75, 3.05) is 21.3 Å². The van der Waals surface area contributed by atoms with Gasteiger partial charge in [0.1, 0.15) is 0 Å². The molecule has 1 aliphatic carbocycles. The summed E-state index contributed by atoms with van der Waals surface area (Å²) < 4.78 is 54.3. The highest BCUT2D eigenvalue weighted by Gasteiger charge is 2.42. The number of carbonyl (C=O) groups excluding carboxylic acids is 1. The number of benzene rings is 1. The number of rotatable bonds is 5. The van der Waals surface area contributed by atoms with Crippen molar-refractivity contribution >= 4 is 5.91 Å². The van der Waals surface area contributed by atoms with E-state index < -0.39 is 24.0 Å². The van der Waals surface area contributed by atoms with Crippen LogP contribution in [0.2, 0.25) is 0 Å². The van der Waals surface area contributed by atoms with Crippen molar-refractivity contribution in [1.82, 2.24) is 5.32 Å². The van der Waals surface area contributed by atoms with Gasteiger partial charge in [0.15, 0.2) is 11.5 Å². The number of carbonyl (C=O) groups is 1. The SMILES string of the molecule is COc1cc(C(=O)N[C@H]2CCC[C@H](C(F)(F)F)C2)cc(OC)c1OC. The van der Waals surface area contributed by atoms with E-state index in [0.717, 1.165) is 0 Å². The molecule has 1 aliphatic rings. The molecule has 0 bridgehead atoms. The van der Waals surface area contributed by atoms with E-state index in [1.54, 1.807) is 0 Å². The lowest BCUT2D eigenvalue weighted by molar-refractivity contribution is -0.183. The van der Waals surface area contributed by atoms with Gasteiger partial charge >= 0.3 is 6.18 Å². The van der Waals surface area contributed by atoms with E-state index in [1.165, 1.54) is 33.5 Å². The molecule has 8 heteroatoms. The molecule has 2 rings (SSSR count). The molecule has 1 aromatic carbocycles. The zero-order valence-electron chi connectivity index (χ0n) is 14.4. The van der Waals surface area contributed by atoms with Gasteiger partial charge < -0.3 is 19.5 Å². The van der Waals surface area contributed by atoms with Crippen molar-refractivity contribution in [3.05, 3.63) is 17.7 Å². The summed E-state index contributed by atoms with van der Waals surface area (Å²) in [5.74, 6) is -0.873. The molecule has 0 heterocycles. The molecule has 0 aliphatic heterocycles. The molecule has 1 amide bonds. The smallest absolute Gasteiger partial charge is 0.391 e. The normalized spacial score (nSPS) is 20.7. The van der Waals surface area contributed by atoms with Crippen LogP contribution in [0.25, 0.3) is 0 Å². The Bertz CT molecular complexity index is 593. The Morgan fingerprint density at radius 1 is 1.08 bits per heavy atom. The van der Waals surface area contributed by atoms with Crippen LogP contribution in [-0.4, -0.2) is 39.5 Å². The number of amides is 1. The van der Waals surface area contributed by atoms with Gasteiger partial charge in [0.25, 0.3) is 5.91 Å². The topological polar surface area (TPSA) is 56.8 Å². The van der Waals surface area contributed by atoms with Crippen LogP contribution < -0.4 is 19.5 Å². The summed E-state index contributed by atoms with van der Waals surface area (Å²) >= 11 is 0. The lowest BCUT2D eigenvalue weighted by Crippen LogP contribution is -2.41. The molecule has 0 aromatic heterocycles. The third kappa shape index (κ3) is 4.49. The largest absolute Gasteiger partial charge is 0.493 e. The van der Waals surface area contributed by atoms with Gasteiger partial charge in [-0.1, -0.05) is 6.42 Å². The van der Waals surface area contributed by atoms with Gasteiger partial charge in [0.05, 0.1) is 27.2 Å². The number of hydrogen-bond acceptors (Lipinski definition) is 4. The quantitative estimate of drug-likeness (QED) is 0.871. The minimum absolute atomic E-state index is 0.0976. The maximum Gasteiger partial charge on any atom is 0.391 e. The van der Waals surface area contributed by atoms with Crippen LogP contribution in [-0.2, 0) is 0 Å². The molecule has 5 nitrogen and oxygen atoms in total. The summed E-state index contributed by atoms with van der Waals surface area (Å²) in [6, 6.07) is 2.44. The second-order valence-electron chi connectivity index (χ2n) is 5.99. The Morgan fingerprint density at radius 2 is 1.68 bits per heavy atom. The van der Waals surface area contributed by atoms with E-state index >= 15 is 0 Å². The van der Waals surface area contributed by atoms with Gasteiger partial charge in [0.2, 0.25) is 5.75 Å². The first-order chi connectivity index (χ1) is 11.8. The first kappa shape index (κ1) is 19.2. The van der Waals surface area contributed by atoms with Gasteiger partial charge in [-0.3, -0.25) is 4.79 Å². The number of nitrogens with one attached hydrogen (secondary N) is 1. The highest BCUT2D eigenvalue weighted by Crippen LogP contribution is 2.39. The molecule has 25 heavy (non-hydrogen) atoms. The van der Waals surface area contributed by atoms with E-state index in [-0.39, 0.29) is 18.4 Å². The van der Waals surface area contributed by atoms with Crippen LogP contribution in [0.15, 0.2) is 12.1 Å². The average molecular weight is 361 g/mol. The summed E-state index contributed by atoms with van der Waals surface area (Å²) in [6.45, 7) is 0. The van der Waals surface area contributed by atoms with Crippen LogP contribution in [0.5, 0.6) is 17.2 Å². The Kier molecular flexibility index (Phi) is 6.02. The van der Waals surface area contributed by atoms with Crippen LogP contribution in [0.3, 0.4) is 0 Å². The highest BCUT2D eigenvalue weighted by atomic mass is 19.4. The summed E-state index contributed by atoms with van der Waals surface area (Å²) in [7, 11) is 4.29. The van der Waals surface area contributed by atoms with Gasteiger partial charge in [-0.05, 0) is 31.4 Å². The summed E-state index contributed by atoms with van der Waals surface area (Å²) in [5, 5.41) is 2.69. The molecule has 140 valence electrons. The van der Waals surface area contributed by atoms with Crippen molar-refractivity contribution in [3.8, 4) is 17.2 Å². The number of hydrogen-bond donors (Lipinski definition) is 1. The fraction of sp³-hybridized carbons (Fsp3) is 0.588. The lowest BCUT2D eigenvalue weighted by Gasteiger charge is -2.31. The standard InChI is InChI=1S/C17H22F3NO4/c1-23-13-7-10(8-14(24-2)15(13)25-3)16(22)21-12-6-4-5-11(9-12)17(18,19)20/h7-8,11-12H,4-6,9H2,1-3H3,(H,21,22)/t11-,12-/m0/s1. The third-order valence-corrected chi connectivity index (χ3v) is 4.40. The first-order valence-corrected chi connectivity index (χ1v) is 7.97. The predicted molar refractivity (Wildman–Crippen MR) is 85.4 cm³/mol.